The maximum atomic E-state index is 12.4. The Morgan fingerprint density at radius 3 is 2.59 bits per heavy atom. The van der Waals surface area contributed by atoms with Gasteiger partial charge in [-0.2, -0.15) is 0 Å². The number of ether oxygens (including phenoxy) is 1. The maximum Gasteiger partial charge on any atom is 0.322 e. The van der Waals surface area contributed by atoms with E-state index in [9.17, 15) is 9.90 Å². The fourth-order valence-corrected chi connectivity index (χ4v) is 2.02. The second-order valence-electron chi connectivity index (χ2n) is 5.72. The minimum Gasteiger partial charge on any atom is -0.491 e. The van der Waals surface area contributed by atoms with E-state index in [0.29, 0.717) is 24.6 Å². The fraction of sp³-hybridized carbons (Fsp3) is 0.588. The normalized spacial score (nSPS) is 12.1. The summed E-state index contributed by atoms with van der Waals surface area (Å²) >= 11 is 0. The first-order valence-electron chi connectivity index (χ1n) is 7.93. The highest BCUT2D eigenvalue weighted by molar-refractivity contribution is 5.91. The average Bonchev–Trinajstić information content (AvgIpc) is 2.46. The molecule has 1 aromatic carbocycles. The number of carbonyl (C=O) groups is 1. The molecule has 0 spiro atoms. The van der Waals surface area contributed by atoms with Gasteiger partial charge in [-0.3, -0.25) is 0 Å². The summed E-state index contributed by atoms with van der Waals surface area (Å²) in [7, 11) is 0. The molecule has 22 heavy (non-hydrogen) atoms. The summed E-state index contributed by atoms with van der Waals surface area (Å²) in [5.74, 6) is 0.671. The van der Waals surface area contributed by atoms with Gasteiger partial charge >= 0.3 is 6.03 Å². The molecule has 0 aliphatic heterocycles. The van der Waals surface area contributed by atoms with E-state index < -0.39 is 6.10 Å². The van der Waals surface area contributed by atoms with Crippen molar-refractivity contribution in [2.24, 2.45) is 0 Å². The SMILES string of the molecule is CCCCOc1ccccc1NC(=O)N(CC(C)O)C(C)C. The number of unbranched alkanes of at least 4 members (excludes halogenated alkanes) is 1. The molecule has 124 valence electrons. The summed E-state index contributed by atoms with van der Waals surface area (Å²) in [6, 6.07) is 7.17. The van der Waals surface area contributed by atoms with E-state index in [0.717, 1.165) is 12.8 Å². The van der Waals surface area contributed by atoms with Crippen molar-refractivity contribution in [2.75, 3.05) is 18.5 Å². The number of hydrogen-bond acceptors (Lipinski definition) is 3. The van der Waals surface area contributed by atoms with E-state index >= 15 is 0 Å². The Hall–Kier alpha value is -1.75. The number of anilines is 1. The zero-order valence-corrected chi connectivity index (χ0v) is 14.0. The first-order valence-corrected chi connectivity index (χ1v) is 7.93. The third-order valence-electron chi connectivity index (χ3n) is 3.23. The Morgan fingerprint density at radius 2 is 2.00 bits per heavy atom. The summed E-state index contributed by atoms with van der Waals surface area (Å²) < 4.78 is 5.72. The highest BCUT2D eigenvalue weighted by Gasteiger charge is 2.19. The Labute approximate surface area is 133 Å². The first kappa shape index (κ1) is 18.3. The third-order valence-corrected chi connectivity index (χ3v) is 3.23. The molecule has 0 saturated carbocycles. The lowest BCUT2D eigenvalue weighted by atomic mass is 10.2. The van der Waals surface area contributed by atoms with Gasteiger partial charge in [0, 0.05) is 12.6 Å². The van der Waals surface area contributed by atoms with Crippen LogP contribution < -0.4 is 10.1 Å². The molecule has 1 aromatic rings. The molecule has 1 rings (SSSR count). The van der Waals surface area contributed by atoms with Crippen molar-refractivity contribution in [2.45, 2.75) is 52.7 Å². The van der Waals surface area contributed by atoms with E-state index in [1.807, 2.05) is 38.1 Å². The molecule has 5 heteroatoms. The lowest BCUT2D eigenvalue weighted by Gasteiger charge is -2.28. The third kappa shape index (κ3) is 5.93. The van der Waals surface area contributed by atoms with Gasteiger partial charge in [0.15, 0.2) is 0 Å². The number of carbonyl (C=O) groups excluding carboxylic acids is 1. The van der Waals surface area contributed by atoms with Crippen LogP contribution in [0.2, 0.25) is 0 Å². The first-order chi connectivity index (χ1) is 10.5. The van der Waals surface area contributed by atoms with Gasteiger partial charge in [-0.1, -0.05) is 25.5 Å². The fourth-order valence-electron chi connectivity index (χ4n) is 2.02. The number of urea groups is 1. The van der Waals surface area contributed by atoms with Crippen molar-refractivity contribution in [3.8, 4) is 5.75 Å². The number of amides is 2. The quantitative estimate of drug-likeness (QED) is 0.723. The number of rotatable bonds is 8. The number of aliphatic hydroxyl groups excluding tert-OH is 1. The second-order valence-corrected chi connectivity index (χ2v) is 5.72. The molecule has 2 N–H and O–H groups in total. The predicted molar refractivity (Wildman–Crippen MR) is 89.4 cm³/mol. The zero-order chi connectivity index (χ0) is 16.5. The second kappa shape index (κ2) is 9.30. The minimum atomic E-state index is -0.566. The van der Waals surface area contributed by atoms with Gasteiger partial charge in [-0.25, -0.2) is 4.79 Å². The molecule has 0 heterocycles. The summed E-state index contributed by atoms with van der Waals surface area (Å²) in [6.07, 6.45) is 1.47. The van der Waals surface area contributed by atoms with Gasteiger partial charge in [0.1, 0.15) is 5.75 Å². The van der Waals surface area contributed by atoms with Crippen LogP contribution in [-0.4, -0.2) is 41.3 Å². The van der Waals surface area contributed by atoms with Crippen molar-refractivity contribution in [1.82, 2.24) is 4.90 Å². The monoisotopic (exact) mass is 308 g/mol. The summed E-state index contributed by atoms with van der Waals surface area (Å²) in [4.78, 5) is 14.0. The molecule has 5 nitrogen and oxygen atoms in total. The van der Waals surface area contributed by atoms with Gasteiger partial charge in [-0.15, -0.1) is 0 Å². The van der Waals surface area contributed by atoms with Gasteiger partial charge in [0.05, 0.1) is 18.4 Å². The Kier molecular flexibility index (Phi) is 7.74. The van der Waals surface area contributed by atoms with Gasteiger partial charge < -0.3 is 20.1 Å². The molecule has 0 fully saturated rings. The van der Waals surface area contributed by atoms with Crippen LogP contribution in [-0.2, 0) is 0 Å². The highest BCUT2D eigenvalue weighted by Crippen LogP contribution is 2.24. The summed E-state index contributed by atoms with van der Waals surface area (Å²) in [5.41, 5.74) is 0.653. The van der Waals surface area contributed by atoms with Crippen LogP contribution in [0.3, 0.4) is 0 Å². The van der Waals surface area contributed by atoms with Gasteiger partial charge in [0.25, 0.3) is 0 Å². The molecule has 0 aromatic heterocycles. The van der Waals surface area contributed by atoms with Crippen LogP contribution >= 0.6 is 0 Å². The molecule has 1 atom stereocenters. The van der Waals surface area contributed by atoms with Gasteiger partial charge in [-0.05, 0) is 39.3 Å². The topological polar surface area (TPSA) is 61.8 Å². The van der Waals surface area contributed by atoms with Gasteiger partial charge in [0.2, 0.25) is 0 Å². The lowest BCUT2D eigenvalue weighted by molar-refractivity contribution is 0.125. The van der Waals surface area contributed by atoms with Crippen LogP contribution in [0, 0.1) is 0 Å². The van der Waals surface area contributed by atoms with Crippen LogP contribution in [0.15, 0.2) is 24.3 Å². The molecule has 0 aliphatic carbocycles. The summed E-state index contributed by atoms with van der Waals surface area (Å²) in [5, 5.41) is 12.4. The van der Waals surface area contributed by atoms with E-state index in [-0.39, 0.29) is 12.1 Å². The molecule has 1 unspecified atom stereocenters. The molecular weight excluding hydrogens is 280 g/mol. The smallest absolute Gasteiger partial charge is 0.322 e. The van der Waals surface area contributed by atoms with Crippen molar-refractivity contribution in [1.29, 1.82) is 0 Å². The number of nitrogens with one attached hydrogen (secondary N) is 1. The average molecular weight is 308 g/mol. The standard InChI is InChI=1S/C17H28N2O3/c1-5-6-11-22-16-10-8-7-9-15(16)18-17(21)19(13(2)3)12-14(4)20/h7-10,13-14,20H,5-6,11-12H2,1-4H3,(H,18,21). The Morgan fingerprint density at radius 1 is 1.32 bits per heavy atom. The Bertz CT molecular complexity index is 461. The van der Waals surface area contributed by atoms with Crippen molar-refractivity contribution in [3.05, 3.63) is 24.3 Å². The summed E-state index contributed by atoms with van der Waals surface area (Å²) in [6.45, 7) is 8.54. The number of nitrogens with zero attached hydrogens (tertiary/aromatic N) is 1. The molecule has 0 bridgehead atoms. The molecule has 2 amide bonds. The number of para-hydroxylation sites is 2. The Balaban J connectivity index is 2.77. The molecule has 0 saturated heterocycles. The van der Waals surface area contributed by atoms with Crippen LogP contribution in [0.1, 0.15) is 40.5 Å². The minimum absolute atomic E-state index is 0.00257. The van der Waals surface area contributed by atoms with E-state index in [4.69, 9.17) is 4.74 Å². The van der Waals surface area contributed by atoms with Crippen LogP contribution in [0.5, 0.6) is 5.75 Å². The molecule has 0 radical (unpaired) electrons. The van der Waals surface area contributed by atoms with Crippen molar-refractivity contribution < 1.29 is 14.6 Å². The predicted octanol–water partition coefficient (Wildman–Crippen LogP) is 3.49. The highest BCUT2D eigenvalue weighted by atomic mass is 16.5. The van der Waals surface area contributed by atoms with Crippen molar-refractivity contribution in [3.63, 3.8) is 0 Å². The number of benzene rings is 1. The molecule has 0 aliphatic rings. The van der Waals surface area contributed by atoms with E-state index in [1.54, 1.807) is 11.8 Å². The number of aliphatic hydroxyl groups is 1. The lowest BCUT2D eigenvalue weighted by Crippen LogP contribution is -2.43. The number of hydrogen-bond donors (Lipinski definition) is 2. The zero-order valence-electron chi connectivity index (χ0n) is 14.0. The van der Waals surface area contributed by atoms with E-state index in [2.05, 4.69) is 12.2 Å². The van der Waals surface area contributed by atoms with Crippen LogP contribution in [0.4, 0.5) is 10.5 Å². The van der Waals surface area contributed by atoms with E-state index in [1.165, 1.54) is 0 Å². The van der Waals surface area contributed by atoms with Crippen molar-refractivity contribution >= 4 is 11.7 Å². The van der Waals surface area contributed by atoms with Crippen LogP contribution in [0.25, 0.3) is 0 Å². The maximum absolute atomic E-state index is 12.4. The largest absolute Gasteiger partial charge is 0.491 e. The molecular formula is C17H28N2O3.